The molecule has 0 bridgehead atoms. The van der Waals surface area contributed by atoms with Crippen molar-refractivity contribution in [3.05, 3.63) is 29.8 Å². The number of rotatable bonds is 5. The fraction of sp³-hybridized carbons (Fsp3) is 0.625. The minimum atomic E-state index is -0.0690. The van der Waals surface area contributed by atoms with Crippen LogP contribution in [0.15, 0.2) is 24.3 Å². The van der Waals surface area contributed by atoms with Crippen LogP contribution >= 0.6 is 0 Å². The van der Waals surface area contributed by atoms with E-state index in [9.17, 15) is 0 Å². The second-order valence-electron chi connectivity index (χ2n) is 6.12. The maximum atomic E-state index is 5.90. The molecule has 1 aliphatic heterocycles. The highest BCUT2D eigenvalue weighted by Gasteiger charge is 2.30. The van der Waals surface area contributed by atoms with E-state index in [0.29, 0.717) is 13.2 Å². The van der Waals surface area contributed by atoms with Crippen molar-refractivity contribution in [1.29, 1.82) is 0 Å². The molecule has 0 aromatic heterocycles. The number of benzene rings is 1. The van der Waals surface area contributed by atoms with Crippen LogP contribution < -0.4 is 10.5 Å². The molecule has 2 N–H and O–H groups in total. The van der Waals surface area contributed by atoms with Crippen molar-refractivity contribution in [2.24, 2.45) is 5.73 Å². The Hall–Kier alpha value is -1.10. The van der Waals surface area contributed by atoms with Gasteiger partial charge in [-0.1, -0.05) is 12.1 Å². The fourth-order valence-corrected chi connectivity index (χ4v) is 2.77. The summed E-state index contributed by atoms with van der Waals surface area (Å²) in [7, 11) is 0. The van der Waals surface area contributed by atoms with Crippen LogP contribution in [-0.4, -0.2) is 42.8 Å². The van der Waals surface area contributed by atoms with E-state index in [2.05, 4.69) is 25.7 Å². The first-order valence-corrected chi connectivity index (χ1v) is 7.30. The molecule has 1 fully saturated rings. The standard InChI is InChI=1S/C16H26N2O2/c1-13-11-18(12-16(2,3)20-13)8-9-19-15-6-4-14(10-17)5-7-15/h4-7,13H,8-12,17H2,1-3H3. The monoisotopic (exact) mass is 278 g/mol. The molecule has 0 saturated carbocycles. The van der Waals surface area contributed by atoms with Gasteiger partial charge in [0.15, 0.2) is 0 Å². The van der Waals surface area contributed by atoms with Crippen LogP contribution in [0.3, 0.4) is 0 Å². The Morgan fingerprint density at radius 1 is 1.35 bits per heavy atom. The van der Waals surface area contributed by atoms with E-state index < -0.39 is 0 Å². The maximum absolute atomic E-state index is 5.90. The van der Waals surface area contributed by atoms with Gasteiger partial charge in [-0.25, -0.2) is 0 Å². The van der Waals surface area contributed by atoms with Crippen LogP contribution in [0, 0.1) is 0 Å². The van der Waals surface area contributed by atoms with Crippen molar-refractivity contribution < 1.29 is 9.47 Å². The van der Waals surface area contributed by atoms with Crippen LogP contribution in [0.4, 0.5) is 0 Å². The third-order valence-electron chi connectivity index (χ3n) is 3.48. The Balaban J connectivity index is 1.77. The summed E-state index contributed by atoms with van der Waals surface area (Å²) in [6.45, 7) is 10.5. The van der Waals surface area contributed by atoms with Crippen molar-refractivity contribution in [1.82, 2.24) is 4.90 Å². The number of nitrogens with two attached hydrogens (primary N) is 1. The smallest absolute Gasteiger partial charge is 0.119 e. The molecule has 1 aromatic rings. The molecule has 4 heteroatoms. The summed E-state index contributed by atoms with van der Waals surface area (Å²) in [4.78, 5) is 2.41. The first kappa shape index (κ1) is 15.3. The highest BCUT2D eigenvalue weighted by Crippen LogP contribution is 2.20. The molecule has 1 atom stereocenters. The minimum absolute atomic E-state index is 0.0690. The van der Waals surface area contributed by atoms with E-state index >= 15 is 0 Å². The summed E-state index contributed by atoms with van der Waals surface area (Å²) < 4.78 is 11.7. The van der Waals surface area contributed by atoms with Gasteiger partial charge in [0.2, 0.25) is 0 Å². The Kier molecular flexibility index (Phi) is 5.02. The first-order valence-electron chi connectivity index (χ1n) is 7.30. The van der Waals surface area contributed by atoms with Crippen LogP contribution in [0.2, 0.25) is 0 Å². The third-order valence-corrected chi connectivity index (χ3v) is 3.48. The molecule has 1 unspecified atom stereocenters. The zero-order valence-electron chi connectivity index (χ0n) is 12.8. The molecule has 0 spiro atoms. The molecular weight excluding hydrogens is 252 g/mol. The van der Waals surface area contributed by atoms with Gasteiger partial charge in [0.1, 0.15) is 12.4 Å². The highest BCUT2D eigenvalue weighted by atomic mass is 16.5. The summed E-state index contributed by atoms with van der Waals surface area (Å²) in [5.74, 6) is 0.905. The summed E-state index contributed by atoms with van der Waals surface area (Å²) in [6, 6.07) is 7.98. The number of nitrogens with zero attached hydrogens (tertiary/aromatic N) is 1. The second-order valence-corrected chi connectivity index (χ2v) is 6.12. The van der Waals surface area contributed by atoms with Gasteiger partial charge in [0.25, 0.3) is 0 Å². The predicted octanol–water partition coefficient (Wildman–Crippen LogP) is 2.02. The molecule has 1 heterocycles. The van der Waals surface area contributed by atoms with Crippen molar-refractivity contribution in [2.75, 3.05) is 26.2 Å². The summed E-state index contributed by atoms with van der Waals surface area (Å²) in [5, 5.41) is 0. The van der Waals surface area contributed by atoms with E-state index in [-0.39, 0.29) is 11.7 Å². The molecule has 0 amide bonds. The molecule has 2 rings (SSSR count). The molecule has 0 aliphatic carbocycles. The molecule has 112 valence electrons. The lowest BCUT2D eigenvalue weighted by Crippen LogP contribution is -2.52. The molecule has 4 nitrogen and oxygen atoms in total. The van der Waals surface area contributed by atoms with Crippen molar-refractivity contribution in [2.45, 2.75) is 39.0 Å². The Labute approximate surface area is 121 Å². The number of hydrogen-bond donors (Lipinski definition) is 1. The zero-order chi connectivity index (χ0) is 14.6. The molecular formula is C16H26N2O2. The second kappa shape index (κ2) is 6.57. The van der Waals surface area contributed by atoms with Gasteiger partial charge in [-0.2, -0.15) is 0 Å². The van der Waals surface area contributed by atoms with E-state index in [1.54, 1.807) is 0 Å². The topological polar surface area (TPSA) is 47.7 Å². The van der Waals surface area contributed by atoms with Crippen molar-refractivity contribution in [3.63, 3.8) is 0 Å². The van der Waals surface area contributed by atoms with Crippen LogP contribution in [0.1, 0.15) is 26.3 Å². The van der Waals surface area contributed by atoms with Gasteiger partial charge in [0, 0.05) is 26.2 Å². The summed E-state index contributed by atoms with van der Waals surface area (Å²) in [5.41, 5.74) is 6.63. The molecule has 0 radical (unpaired) electrons. The maximum Gasteiger partial charge on any atom is 0.119 e. The quantitative estimate of drug-likeness (QED) is 0.895. The van der Waals surface area contributed by atoms with E-state index in [4.69, 9.17) is 15.2 Å². The normalized spacial score (nSPS) is 22.7. The van der Waals surface area contributed by atoms with E-state index in [1.165, 1.54) is 0 Å². The van der Waals surface area contributed by atoms with Gasteiger partial charge in [-0.05, 0) is 38.5 Å². The van der Waals surface area contributed by atoms with E-state index in [1.807, 2.05) is 24.3 Å². The van der Waals surface area contributed by atoms with Crippen LogP contribution in [0.5, 0.6) is 5.75 Å². The highest BCUT2D eigenvalue weighted by molar-refractivity contribution is 5.27. The van der Waals surface area contributed by atoms with E-state index in [0.717, 1.165) is 30.9 Å². The molecule has 1 aliphatic rings. The van der Waals surface area contributed by atoms with Crippen molar-refractivity contribution >= 4 is 0 Å². The lowest BCUT2D eigenvalue weighted by Gasteiger charge is -2.41. The SMILES string of the molecule is CC1CN(CCOc2ccc(CN)cc2)CC(C)(C)O1. The first-order chi connectivity index (χ1) is 9.48. The number of morpholine rings is 1. The molecule has 1 saturated heterocycles. The summed E-state index contributed by atoms with van der Waals surface area (Å²) in [6.07, 6.45) is 0.280. The predicted molar refractivity (Wildman–Crippen MR) is 80.9 cm³/mol. The Morgan fingerprint density at radius 2 is 2.05 bits per heavy atom. The average molecular weight is 278 g/mol. The third kappa shape index (κ3) is 4.47. The van der Waals surface area contributed by atoms with Gasteiger partial charge in [-0.3, -0.25) is 4.90 Å². The fourth-order valence-electron chi connectivity index (χ4n) is 2.77. The van der Waals surface area contributed by atoms with Crippen LogP contribution in [-0.2, 0) is 11.3 Å². The van der Waals surface area contributed by atoms with Gasteiger partial charge < -0.3 is 15.2 Å². The molecule has 20 heavy (non-hydrogen) atoms. The van der Waals surface area contributed by atoms with Gasteiger partial charge in [-0.15, -0.1) is 0 Å². The molecule has 1 aromatic carbocycles. The summed E-state index contributed by atoms with van der Waals surface area (Å²) >= 11 is 0. The number of ether oxygens (including phenoxy) is 2. The Morgan fingerprint density at radius 3 is 2.65 bits per heavy atom. The minimum Gasteiger partial charge on any atom is -0.492 e. The average Bonchev–Trinajstić information content (AvgIpc) is 2.37. The largest absolute Gasteiger partial charge is 0.492 e. The number of hydrogen-bond acceptors (Lipinski definition) is 4. The van der Waals surface area contributed by atoms with Gasteiger partial charge in [0.05, 0.1) is 11.7 Å². The Bertz CT molecular complexity index is 417. The van der Waals surface area contributed by atoms with Gasteiger partial charge >= 0.3 is 0 Å². The van der Waals surface area contributed by atoms with Crippen LogP contribution in [0.25, 0.3) is 0 Å². The van der Waals surface area contributed by atoms with Crippen molar-refractivity contribution in [3.8, 4) is 5.75 Å². The zero-order valence-corrected chi connectivity index (χ0v) is 12.8. The lowest BCUT2D eigenvalue weighted by atomic mass is 10.1. The lowest BCUT2D eigenvalue weighted by molar-refractivity contribution is -0.129.